The van der Waals surface area contributed by atoms with Crippen LogP contribution in [0.3, 0.4) is 0 Å². The third-order valence-electron chi connectivity index (χ3n) is 3.43. The van der Waals surface area contributed by atoms with Crippen molar-refractivity contribution < 1.29 is 0 Å². The third-order valence-corrected chi connectivity index (χ3v) is 3.43. The summed E-state index contributed by atoms with van der Waals surface area (Å²) in [5.74, 6) is 0.903. The highest BCUT2D eigenvalue weighted by molar-refractivity contribution is 5.03. The van der Waals surface area contributed by atoms with Gasteiger partial charge in [-0.1, -0.05) is 13.8 Å². The van der Waals surface area contributed by atoms with Crippen molar-refractivity contribution in [2.45, 2.75) is 58.7 Å². The first kappa shape index (κ1) is 11.6. The van der Waals surface area contributed by atoms with Crippen LogP contribution < -0.4 is 5.32 Å². The van der Waals surface area contributed by atoms with Crippen molar-refractivity contribution in [1.82, 2.24) is 15.1 Å². The van der Waals surface area contributed by atoms with Crippen LogP contribution in [0, 0.1) is 5.92 Å². The zero-order valence-corrected chi connectivity index (χ0v) is 10.4. The second kappa shape index (κ2) is 5.48. The molecule has 0 radical (unpaired) electrons. The van der Waals surface area contributed by atoms with E-state index in [0.29, 0.717) is 0 Å². The van der Waals surface area contributed by atoms with Gasteiger partial charge in [-0.3, -0.25) is 4.68 Å². The normalized spacial score (nSPS) is 25.1. The minimum Gasteiger partial charge on any atom is -0.310 e. The summed E-state index contributed by atoms with van der Waals surface area (Å²) in [5, 5.41) is 7.97. The molecule has 16 heavy (non-hydrogen) atoms. The van der Waals surface area contributed by atoms with Gasteiger partial charge in [0.05, 0.1) is 6.20 Å². The first-order valence-electron chi connectivity index (χ1n) is 6.52. The molecule has 1 fully saturated rings. The van der Waals surface area contributed by atoms with Gasteiger partial charge in [0.25, 0.3) is 0 Å². The molecule has 90 valence electrons. The van der Waals surface area contributed by atoms with E-state index < -0.39 is 0 Å². The lowest BCUT2D eigenvalue weighted by Crippen LogP contribution is -2.25. The Hall–Kier alpha value is -0.830. The predicted octanol–water partition coefficient (Wildman–Crippen LogP) is 2.57. The van der Waals surface area contributed by atoms with Crippen LogP contribution in [0.25, 0.3) is 0 Å². The highest BCUT2D eigenvalue weighted by Gasteiger charge is 2.20. The van der Waals surface area contributed by atoms with Crippen molar-refractivity contribution >= 4 is 0 Å². The minimum absolute atomic E-state index is 0.726. The summed E-state index contributed by atoms with van der Waals surface area (Å²) in [4.78, 5) is 0. The SMILES string of the molecule is CCCn1cc(CNC2CCC(C)C2)cn1. The van der Waals surface area contributed by atoms with Crippen molar-refractivity contribution in [3.05, 3.63) is 18.0 Å². The van der Waals surface area contributed by atoms with Gasteiger partial charge in [-0.05, 0) is 31.6 Å². The van der Waals surface area contributed by atoms with E-state index in [1.165, 1.54) is 24.8 Å². The molecule has 2 atom stereocenters. The lowest BCUT2D eigenvalue weighted by Gasteiger charge is -2.10. The molecular formula is C13H23N3. The first-order chi connectivity index (χ1) is 7.78. The quantitative estimate of drug-likeness (QED) is 0.828. The Kier molecular flexibility index (Phi) is 3.99. The Morgan fingerprint density at radius 2 is 2.38 bits per heavy atom. The van der Waals surface area contributed by atoms with Crippen molar-refractivity contribution in [3.8, 4) is 0 Å². The highest BCUT2D eigenvalue weighted by atomic mass is 15.3. The van der Waals surface area contributed by atoms with E-state index in [4.69, 9.17) is 0 Å². The summed E-state index contributed by atoms with van der Waals surface area (Å²) < 4.78 is 2.04. The van der Waals surface area contributed by atoms with Crippen molar-refractivity contribution in [2.24, 2.45) is 5.92 Å². The van der Waals surface area contributed by atoms with Gasteiger partial charge >= 0.3 is 0 Å². The minimum atomic E-state index is 0.726. The van der Waals surface area contributed by atoms with Gasteiger partial charge in [-0.25, -0.2) is 0 Å². The van der Waals surface area contributed by atoms with E-state index in [1.54, 1.807) is 0 Å². The highest BCUT2D eigenvalue weighted by Crippen LogP contribution is 2.24. The maximum absolute atomic E-state index is 4.34. The van der Waals surface area contributed by atoms with Crippen LogP contribution in [0.1, 0.15) is 45.1 Å². The van der Waals surface area contributed by atoms with Crippen LogP contribution in [0.5, 0.6) is 0 Å². The lowest BCUT2D eigenvalue weighted by atomic mass is 10.1. The Balaban J connectivity index is 1.76. The standard InChI is InChI=1S/C13H23N3/c1-3-6-16-10-12(9-15-16)8-14-13-5-4-11(2)7-13/h9-11,13-14H,3-8H2,1-2H3. The number of nitrogens with one attached hydrogen (secondary N) is 1. The summed E-state index contributed by atoms with van der Waals surface area (Å²) in [6, 6.07) is 0.726. The van der Waals surface area contributed by atoms with Gasteiger partial charge in [-0.2, -0.15) is 5.10 Å². The number of hydrogen-bond acceptors (Lipinski definition) is 2. The molecule has 1 aliphatic rings. The molecule has 0 saturated heterocycles. The number of rotatable bonds is 5. The maximum Gasteiger partial charge on any atom is 0.0534 e. The van der Waals surface area contributed by atoms with Crippen LogP contribution in [0.4, 0.5) is 0 Å². The van der Waals surface area contributed by atoms with Crippen molar-refractivity contribution in [1.29, 1.82) is 0 Å². The number of hydrogen-bond donors (Lipinski definition) is 1. The van der Waals surface area contributed by atoms with E-state index >= 15 is 0 Å². The second-order valence-electron chi connectivity index (χ2n) is 5.11. The number of nitrogens with zero attached hydrogens (tertiary/aromatic N) is 2. The molecule has 1 aromatic rings. The van der Waals surface area contributed by atoms with Gasteiger partial charge in [0, 0.05) is 30.9 Å². The monoisotopic (exact) mass is 221 g/mol. The zero-order valence-electron chi connectivity index (χ0n) is 10.4. The smallest absolute Gasteiger partial charge is 0.0534 e. The van der Waals surface area contributed by atoms with Gasteiger partial charge in [0.1, 0.15) is 0 Å². The van der Waals surface area contributed by atoms with E-state index in [0.717, 1.165) is 31.5 Å². The van der Waals surface area contributed by atoms with Gasteiger partial charge in [0.15, 0.2) is 0 Å². The van der Waals surface area contributed by atoms with Crippen molar-refractivity contribution in [3.63, 3.8) is 0 Å². The lowest BCUT2D eigenvalue weighted by molar-refractivity contribution is 0.502. The van der Waals surface area contributed by atoms with Gasteiger partial charge in [-0.15, -0.1) is 0 Å². The average Bonchev–Trinajstić information content (AvgIpc) is 2.85. The molecule has 0 aliphatic heterocycles. The van der Waals surface area contributed by atoms with E-state index in [9.17, 15) is 0 Å². The topological polar surface area (TPSA) is 29.9 Å². The molecule has 0 aromatic carbocycles. The largest absolute Gasteiger partial charge is 0.310 e. The maximum atomic E-state index is 4.34. The number of aryl methyl sites for hydroxylation is 1. The zero-order chi connectivity index (χ0) is 11.4. The van der Waals surface area contributed by atoms with Crippen LogP contribution >= 0.6 is 0 Å². The molecule has 2 unspecified atom stereocenters. The molecule has 0 bridgehead atoms. The molecular weight excluding hydrogens is 198 g/mol. The van der Waals surface area contributed by atoms with E-state index in [2.05, 4.69) is 30.5 Å². The third kappa shape index (κ3) is 3.08. The second-order valence-corrected chi connectivity index (χ2v) is 5.11. The Bertz CT molecular complexity index is 319. The van der Waals surface area contributed by atoms with Crippen LogP contribution in [-0.4, -0.2) is 15.8 Å². The predicted molar refractivity (Wildman–Crippen MR) is 66.2 cm³/mol. The van der Waals surface area contributed by atoms with Crippen LogP contribution in [0.15, 0.2) is 12.4 Å². The summed E-state index contributed by atoms with van der Waals surface area (Å²) >= 11 is 0. The Morgan fingerprint density at radius 1 is 1.50 bits per heavy atom. The van der Waals surface area contributed by atoms with E-state index in [1.807, 2.05) is 10.9 Å². The van der Waals surface area contributed by atoms with Crippen LogP contribution in [0.2, 0.25) is 0 Å². The van der Waals surface area contributed by atoms with Crippen molar-refractivity contribution in [2.75, 3.05) is 0 Å². The molecule has 0 spiro atoms. The molecule has 1 aliphatic carbocycles. The summed E-state index contributed by atoms with van der Waals surface area (Å²) in [6.07, 6.45) is 9.35. The molecule has 0 amide bonds. The fraction of sp³-hybridized carbons (Fsp3) is 0.769. The van der Waals surface area contributed by atoms with E-state index in [-0.39, 0.29) is 0 Å². The van der Waals surface area contributed by atoms with Crippen LogP contribution in [-0.2, 0) is 13.1 Å². The molecule has 3 nitrogen and oxygen atoms in total. The molecule has 1 N–H and O–H groups in total. The summed E-state index contributed by atoms with van der Waals surface area (Å²) in [5.41, 5.74) is 1.31. The first-order valence-corrected chi connectivity index (χ1v) is 6.52. The van der Waals surface area contributed by atoms with Gasteiger partial charge < -0.3 is 5.32 Å². The average molecular weight is 221 g/mol. The molecule has 1 aromatic heterocycles. The molecule has 2 rings (SSSR count). The summed E-state index contributed by atoms with van der Waals surface area (Å²) in [7, 11) is 0. The Labute approximate surface area is 98.2 Å². The fourth-order valence-corrected chi connectivity index (χ4v) is 2.50. The van der Waals surface area contributed by atoms with Gasteiger partial charge in [0.2, 0.25) is 0 Å². The fourth-order valence-electron chi connectivity index (χ4n) is 2.50. The molecule has 1 saturated carbocycles. The Morgan fingerprint density at radius 3 is 3.06 bits per heavy atom. The number of aromatic nitrogens is 2. The summed E-state index contributed by atoms with van der Waals surface area (Å²) in [6.45, 7) is 6.53. The molecule has 1 heterocycles. The molecule has 3 heteroatoms.